The van der Waals surface area contributed by atoms with Crippen LogP contribution in [0.15, 0.2) is 24.3 Å². The number of hydrogen-bond acceptors (Lipinski definition) is 3. The molecule has 2 unspecified atom stereocenters. The number of ether oxygens (including phenoxy) is 1. The van der Waals surface area contributed by atoms with Crippen LogP contribution in [0, 0.1) is 5.92 Å². The fraction of sp³-hybridized carbons (Fsp3) is 0.467. The maximum atomic E-state index is 11.6. The first kappa shape index (κ1) is 14.4. The molecular formula is C15H19NO4. The van der Waals surface area contributed by atoms with E-state index >= 15 is 0 Å². The van der Waals surface area contributed by atoms with Crippen LogP contribution in [0.4, 0.5) is 0 Å². The summed E-state index contributed by atoms with van der Waals surface area (Å²) in [6, 6.07) is 7.38. The van der Waals surface area contributed by atoms with E-state index in [1.165, 1.54) is 0 Å². The summed E-state index contributed by atoms with van der Waals surface area (Å²) in [5, 5.41) is 11.7. The van der Waals surface area contributed by atoms with Gasteiger partial charge in [0.05, 0.1) is 5.92 Å². The van der Waals surface area contributed by atoms with Crippen molar-refractivity contribution in [2.75, 3.05) is 6.61 Å². The molecule has 108 valence electrons. The highest BCUT2D eigenvalue weighted by Crippen LogP contribution is 2.50. The van der Waals surface area contributed by atoms with Crippen molar-refractivity contribution in [3.63, 3.8) is 0 Å². The molecule has 1 aliphatic rings. The lowest BCUT2D eigenvalue weighted by atomic mass is 10.1. The largest absolute Gasteiger partial charge is 0.483 e. The Balaban J connectivity index is 1.99. The average molecular weight is 277 g/mol. The number of carbonyl (C=O) groups excluding carboxylic acids is 1. The first-order chi connectivity index (χ1) is 9.49. The number of carboxylic acids is 1. The van der Waals surface area contributed by atoms with Gasteiger partial charge in [0.1, 0.15) is 5.75 Å². The maximum Gasteiger partial charge on any atom is 0.307 e. The predicted molar refractivity (Wildman–Crippen MR) is 73.7 cm³/mol. The lowest BCUT2D eigenvalue weighted by molar-refractivity contribution is -0.138. The molecule has 0 saturated heterocycles. The molecule has 0 aliphatic heterocycles. The van der Waals surface area contributed by atoms with Crippen molar-refractivity contribution in [3.8, 4) is 5.75 Å². The molecule has 0 heterocycles. The number of nitrogens with one attached hydrogen (secondary N) is 1. The Morgan fingerprint density at radius 1 is 1.40 bits per heavy atom. The molecule has 2 N–H and O–H groups in total. The quantitative estimate of drug-likeness (QED) is 0.831. The molecule has 2 rings (SSSR count). The Bertz CT molecular complexity index is 512. The average Bonchev–Trinajstić information content (AvgIpc) is 3.16. The third kappa shape index (κ3) is 3.50. The maximum absolute atomic E-state index is 11.6. The van der Waals surface area contributed by atoms with Crippen molar-refractivity contribution in [2.24, 2.45) is 5.92 Å². The number of carbonyl (C=O) groups is 2. The minimum atomic E-state index is -0.776. The van der Waals surface area contributed by atoms with Crippen LogP contribution in [-0.4, -0.2) is 29.6 Å². The lowest BCUT2D eigenvalue weighted by Crippen LogP contribution is -2.34. The monoisotopic (exact) mass is 277 g/mol. The van der Waals surface area contributed by atoms with Crippen molar-refractivity contribution in [1.82, 2.24) is 5.32 Å². The number of aliphatic carboxylic acids is 1. The van der Waals surface area contributed by atoms with Crippen molar-refractivity contribution >= 4 is 11.9 Å². The van der Waals surface area contributed by atoms with Crippen LogP contribution in [0.25, 0.3) is 0 Å². The van der Waals surface area contributed by atoms with E-state index in [-0.39, 0.29) is 30.4 Å². The molecule has 1 aromatic rings. The molecule has 1 aliphatic carbocycles. The molecule has 2 atom stereocenters. The first-order valence-corrected chi connectivity index (χ1v) is 6.73. The zero-order chi connectivity index (χ0) is 14.7. The van der Waals surface area contributed by atoms with Crippen LogP contribution in [0.2, 0.25) is 0 Å². The summed E-state index contributed by atoms with van der Waals surface area (Å²) in [7, 11) is 0. The van der Waals surface area contributed by atoms with Gasteiger partial charge in [-0.05, 0) is 31.9 Å². The number of benzene rings is 1. The number of hydrogen-bond donors (Lipinski definition) is 2. The molecule has 1 amide bonds. The van der Waals surface area contributed by atoms with Crippen molar-refractivity contribution in [2.45, 2.75) is 32.2 Å². The van der Waals surface area contributed by atoms with Crippen molar-refractivity contribution in [1.29, 1.82) is 0 Å². The van der Waals surface area contributed by atoms with E-state index in [4.69, 9.17) is 9.84 Å². The summed E-state index contributed by atoms with van der Waals surface area (Å²) in [5.41, 5.74) is 0.872. The van der Waals surface area contributed by atoms with Gasteiger partial charge in [-0.1, -0.05) is 18.2 Å². The lowest BCUT2D eigenvalue weighted by Gasteiger charge is -2.12. The van der Waals surface area contributed by atoms with Gasteiger partial charge in [0.2, 0.25) is 0 Å². The summed E-state index contributed by atoms with van der Waals surface area (Å²) in [5.74, 6) is -0.691. The zero-order valence-electron chi connectivity index (χ0n) is 11.6. The van der Waals surface area contributed by atoms with Crippen LogP contribution in [0.5, 0.6) is 5.75 Å². The fourth-order valence-electron chi connectivity index (χ4n) is 2.24. The number of carboxylic acid groups (broad SMARTS) is 1. The highest BCUT2D eigenvalue weighted by molar-refractivity contribution is 5.78. The van der Waals surface area contributed by atoms with E-state index in [2.05, 4.69) is 5.32 Å². The molecule has 0 aromatic heterocycles. The van der Waals surface area contributed by atoms with Crippen molar-refractivity contribution in [3.05, 3.63) is 29.8 Å². The minimum absolute atomic E-state index is 0.00291. The molecule has 1 fully saturated rings. The van der Waals surface area contributed by atoms with Gasteiger partial charge in [-0.15, -0.1) is 0 Å². The van der Waals surface area contributed by atoms with E-state index in [1.54, 1.807) is 6.07 Å². The molecule has 20 heavy (non-hydrogen) atoms. The molecular weight excluding hydrogens is 258 g/mol. The molecule has 0 spiro atoms. The van der Waals surface area contributed by atoms with Gasteiger partial charge in [0.25, 0.3) is 5.91 Å². The Morgan fingerprint density at radius 2 is 2.10 bits per heavy atom. The Kier molecular flexibility index (Phi) is 4.27. The summed E-state index contributed by atoms with van der Waals surface area (Å²) in [6.07, 6.45) is 0.633. The van der Waals surface area contributed by atoms with E-state index in [0.717, 1.165) is 5.56 Å². The Hall–Kier alpha value is -2.04. The molecule has 1 aromatic carbocycles. The summed E-state index contributed by atoms with van der Waals surface area (Å²) < 4.78 is 5.52. The normalized spacial score (nSPS) is 20.6. The Labute approximate surface area is 117 Å². The second-order valence-electron chi connectivity index (χ2n) is 5.34. The Morgan fingerprint density at radius 3 is 2.70 bits per heavy atom. The highest BCUT2D eigenvalue weighted by atomic mass is 16.5. The predicted octanol–water partition coefficient (Wildman–Crippen LogP) is 1.78. The van der Waals surface area contributed by atoms with Crippen LogP contribution in [0.1, 0.15) is 31.7 Å². The third-order valence-corrected chi connectivity index (χ3v) is 3.23. The van der Waals surface area contributed by atoms with Gasteiger partial charge in [-0.3, -0.25) is 9.59 Å². The second-order valence-corrected chi connectivity index (χ2v) is 5.34. The van der Waals surface area contributed by atoms with Gasteiger partial charge in [-0.2, -0.15) is 0 Å². The van der Waals surface area contributed by atoms with Crippen LogP contribution in [-0.2, 0) is 9.59 Å². The van der Waals surface area contributed by atoms with Crippen LogP contribution < -0.4 is 10.1 Å². The van der Waals surface area contributed by atoms with E-state index in [1.807, 2.05) is 32.0 Å². The standard InChI is InChI=1S/C15H19NO4/c1-9(2)16-14(17)8-20-13-6-4-3-5-10(13)11-7-12(11)15(18)19/h3-6,9,11-12H,7-8H2,1-2H3,(H,16,17)(H,18,19). The van der Waals surface area contributed by atoms with Crippen molar-refractivity contribution < 1.29 is 19.4 Å². The molecule has 5 nitrogen and oxygen atoms in total. The van der Waals surface area contributed by atoms with Gasteiger partial charge in [0, 0.05) is 12.0 Å². The molecule has 1 saturated carbocycles. The van der Waals surface area contributed by atoms with Gasteiger partial charge >= 0.3 is 5.97 Å². The number of rotatable bonds is 6. The number of amides is 1. The second kappa shape index (κ2) is 5.94. The number of para-hydroxylation sites is 1. The fourth-order valence-corrected chi connectivity index (χ4v) is 2.24. The minimum Gasteiger partial charge on any atom is -0.483 e. The first-order valence-electron chi connectivity index (χ1n) is 6.73. The summed E-state index contributed by atoms with van der Waals surface area (Å²) in [4.78, 5) is 22.5. The zero-order valence-corrected chi connectivity index (χ0v) is 11.6. The van der Waals surface area contributed by atoms with Crippen LogP contribution >= 0.6 is 0 Å². The molecule has 0 bridgehead atoms. The third-order valence-electron chi connectivity index (χ3n) is 3.23. The van der Waals surface area contributed by atoms with Gasteiger partial charge in [0.15, 0.2) is 6.61 Å². The molecule has 0 radical (unpaired) electrons. The molecule has 5 heteroatoms. The van der Waals surface area contributed by atoms with E-state index in [0.29, 0.717) is 12.2 Å². The SMILES string of the molecule is CC(C)NC(=O)COc1ccccc1C1CC1C(=O)O. The summed E-state index contributed by atoms with van der Waals surface area (Å²) >= 11 is 0. The van der Waals surface area contributed by atoms with Gasteiger partial charge < -0.3 is 15.2 Å². The smallest absolute Gasteiger partial charge is 0.307 e. The topological polar surface area (TPSA) is 75.6 Å². The van der Waals surface area contributed by atoms with E-state index < -0.39 is 5.97 Å². The highest BCUT2D eigenvalue weighted by Gasteiger charge is 2.45. The van der Waals surface area contributed by atoms with Gasteiger partial charge in [-0.25, -0.2) is 0 Å². The van der Waals surface area contributed by atoms with Crippen LogP contribution in [0.3, 0.4) is 0 Å². The summed E-state index contributed by atoms with van der Waals surface area (Å²) in [6.45, 7) is 3.71. The van der Waals surface area contributed by atoms with E-state index in [9.17, 15) is 9.59 Å².